The number of fused-ring (bicyclic) bond motifs is 1. The molecule has 1 heterocycles. The molecule has 1 N–H and O–H groups in total. The van der Waals surface area contributed by atoms with Gasteiger partial charge in [-0.05, 0) is 37.8 Å². The maximum absolute atomic E-state index is 4.80. The van der Waals surface area contributed by atoms with Gasteiger partial charge in [0.05, 0.1) is 17.6 Å². The zero-order valence-corrected chi connectivity index (χ0v) is 13.9. The van der Waals surface area contributed by atoms with Crippen LogP contribution in [0.2, 0.25) is 0 Å². The lowest BCUT2D eigenvalue weighted by Crippen LogP contribution is -2.28. The van der Waals surface area contributed by atoms with Crippen molar-refractivity contribution in [2.45, 2.75) is 66.1 Å². The summed E-state index contributed by atoms with van der Waals surface area (Å²) in [4.78, 5) is 4.80. The van der Waals surface area contributed by atoms with Crippen LogP contribution in [-0.4, -0.2) is 15.6 Å². The van der Waals surface area contributed by atoms with E-state index in [-0.39, 0.29) is 0 Å². The van der Waals surface area contributed by atoms with Crippen molar-refractivity contribution in [3.63, 3.8) is 0 Å². The van der Waals surface area contributed by atoms with Gasteiger partial charge in [-0.25, -0.2) is 4.98 Å². The van der Waals surface area contributed by atoms with Crippen LogP contribution < -0.4 is 5.32 Å². The summed E-state index contributed by atoms with van der Waals surface area (Å²) in [5.74, 6) is 1.94. The third-order valence-electron chi connectivity index (χ3n) is 4.24. The maximum atomic E-state index is 4.80. The summed E-state index contributed by atoms with van der Waals surface area (Å²) in [6, 6.07) is 8.97. The van der Waals surface area contributed by atoms with Crippen LogP contribution in [-0.2, 0) is 13.1 Å². The molecule has 21 heavy (non-hydrogen) atoms. The Morgan fingerprint density at radius 1 is 1.19 bits per heavy atom. The molecule has 0 aliphatic carbocycles. The van der Waals surface area contributed by atoms with E-state index in [0.29, 0.717) is 6.04 Å². The fraction of sp³-hybridized carbons (Fsp3) is 0.611. The Hall–Kier alpha value is -1.35. The van der Waals surface area contributed by atoms with Gasteiger partial charge in [-0.3, -0.25) is 0 Å². The third-order valence-corrected chi connectivity index (χ3v) is 4.24. The highest BCUT2D eigenvalue weighted by atomic mass is 15.1. The van der Waals surface area contributed by atoms with Crippen molar-refractivity contribution in [3.8, 4) is 0 Å². The smallest absolute Gasteiger partial charge is 0.123 e. The van der Waals surface area contributed by atoms with E-state index in [1.54, 1.807) is 0 Å². The minimum Gasteiger partial charge on any atom is -0.327 e. The first-order valence-corrected chi connectivity index (χ1v) is 8.33. The predicted molar refractivity (Wildman–Crippen MR) is 90.4 cm³/mol. The molecule has 2 atom stereocenters. The second kappa shape index (κ2) is 7.60. The van der Waals surface area contributed by atoms with Crippen molar-refractivity contribution in [2.75, 3.05) is 0 Å². The van der Waals surface area contributed by atoms with Crippen LogP contribution in [0.15, 0.2) is 24.3 Å². The van der Waals surface area contributed by atoms with Crippen LogP contribution >= 0.6 is 0 Å². The van der Waals surface area contributed by atoms with Gasteiger partial charge in [0.2, 0.25) is 0 Å². The molecule has 0 aliphatic rings. The molecule has 0 amide bonds. The predicted octanol–water partition coefficient (Wildman–Crippen LogP) is 4.36. The summed E-state index contributed by atoms with van der Waals surface area (Å²) in [6.45, 7) is 11.0. The van der Waals surface area contributed by atoms with Crippen molar-refractivity contribution in [2.24, 2.45) is 5.92 Å². The van der Waals surface area contributed by atoms with Crippen molar-refractivity contribution < 1.29 is 0 Å². The third kappa shape index (κ3) is 4.07. The molecule has 2 aromatic rings. The normalized spacial score (nSPS) is 14.5. The van der Waals surface area contributed by atoms with E-state index >= 15 is 0 Å². The molecule has 0 spiro atoms. The van der Waals surface area contributed by atoms with Crippen molar-refractivity contribution in [1.29, 1.82) is 0 Å². The highest BCUT2D eigenvalue weighted by molar-refractivity contribution is 5.75. The molecule has 116 valence electrons. The van der Waals surface area contributed by atoms with Gasteiger partial charge in [0.1, 0.15) is 5.82 Å². The zero-order valence-electron chi connectivity index (χ0n) is 13.9. The standard InChI is InChI=1S/C18H29N3/c1-5-11-21-17-10-8-7-9-16(17)20-18(21)13-19-15(4)12-14(3)6-2/h7-10,14-15,19H,5-6,11-13H2,1-4H3. The lowest BCUT2D eigenvalue weighted by atomic mass is 10.0. The second-order valence-corrected chi connectivity index (χ2v) is 6.20. The monoisotopic (exact) mass is 287 g/mol. The second-order valence-electron chi connectivity index (χ2n) is 6.20. The van der Waals surface area contributed by atoms with Crippen molar-refractivity contribution in [3.05, 3.63) is 30.1 Å². The van der Waals surface area contributed by atoms with E-state index in [4.69, 9.17) is 4.98 Å². The number of hydrogen-bond donors (Lipinski definition) is 1. The Morgan fingerprint density at radius 3 is 2.67 bits per heavy atom. The Bertz CT molecular complexity index is 559. The fourth-order valence-electron chi connectivity index (χ4n) is 2.85. The Morgan fingerprint density at radius 2 is 1.95 bits per heavy atom. The molecule has 0 bridgehead atoms. The average molecular weight is 287 g/mol. The fourth-order valence-corrected chi connectivity index (χ4v) is 2.85. The molecule has 0 radical (unpaired) electrons. The summed E-state index contributed by atoms with van der Waals surface area (Å²) in [7, 11) is 0. The van der Waals surface area contributed by atoms with Gasteiger partial charge < -0.3 is 9.88 Å². The van der Waals surface area contributed by atoms with Crippen molar-refractivity contribution >= 4 is 11.0 Å². The molecule has 1 aromatic heterocycles. The molecule has 0 saturated heterocycles. The van der Waals surface area contributed by atoms with Crippen LogP contribution in [0.4, 0.5) is 0 Å². The molecule has 2 unspecified atom stereocenters. The van der Waals surface area contributed by atoms with E-state index in [1.807, 2.05) is 0 Å². The highest BCUT2D eigenvalue weighted by Gasteiger charge is 2.12. The van der Waals surface area contributed by atoms with E-state index < -0.39 is 0 Å². The first kappa shape index (κ1) is 16.0. The van der Waals surface area contributed by atoms with Crippen molar-refractivity contribution in [1.82, 2.24) is 14.9 Å². The summed E-state index contributed by atoms with van der Waals surface area (Å²) in [5, 5.41) is 3.64. The van der Waals surface area contributed by atoms with Gasteiger partial charge in [-0.1, -0.05) is 39.3 Å². The molecular formula is C18H29N3. The molecule has 1 aromatic carbocycles. The Balaban J connectivity index is 2.08. The number of aromatic nitrogens is 2. The van der Waals surface area contributed by atoms with E-state index in [9.17, 15) is 0 Å². The number of nitrogens with one attached hydrogen (secondary N) is 1. The van der Waals surface area contributed by atoms with Crippen LogP contribution in [0.3, 0.4) is 0 Å². The summed E-state index contributed by atoms with van der Waals surface area (Å²) >= 11 is 0. The van der Waals surface area contributed by atoms with E-state index in [2.05, 4.69) is 61.8 Å². The number of para-hydroxylation sites is 2. The molecule has 0 saturated carbocycles. The van der Waals surface area contributed by atoms with Crippen LogP contribution in [0.1, 0.15) is 52.8 Å². The number of nitrogens with zero attached hydrogens (tertiary/aromatic N) is 2. The number of hydrogen-bond acceptors (Lipinski definition) is 2. The molecular weight excluding hydrogens is 258 g/mol. The molecule has 3 heteroatoms. The van der Waals surface area contributed by atoms with Gasteiger partial charge in [0.25, 0.3) is 0 Å². The maximum Gasteiger partial charge on any atom is 0.123 e. The highest BCUT2D eigenvalue weighted by Crippen LogP contribution is 2.17. The van der Waals surface area contributed by atoms with Crippen LogP contribution in [0.25, 0.3) is 11.0 Å². The minimum atomic E-state index is 0.537. The van der Waals surface area contributed by atoms with Gasteiger partial charge in [0, 0.05) is 12.6 Å². The zero-order chi connectivity index (χ0) is 15.2. The first-order valence-electron chi connectivity index (χ1n) is 8.33. The molecule has 0 aliphatic heterocycles. The number of benzene rings is 1. The first-order chi connectivity index (χ1) is 10.2. The topological polar surface area (TPSA) is 29.9 Å². The summed E-state index contributed by atoms with van der Waals surface area (Å²) in [5.41, 5.74) is 2.36. The van der Waals surface area contributed by atoms with Gasteiger partial charge in [0.15, 0.2) is 0 Å². The molecule has 2 rings (SSSR count). The minimum absolute atomic E-state index is 0.537. The number of rotatable bonds is 8. The van der Waals surface area contributed by atoms with Gasteiger partial charge in [-0.15, -0.1) is 0 Å². The SMILES string of the molecule is CCCn1c(CNC(C)CC(C)CC)nc2ccccc21. The largest absolute Gasteiger partial charge is 0.327 e. The molecule has 0 fully saturated rings. The average Bonchev–Trinajstić information content (AvgIpc) is 2.83. The number of imidazole rings is 1. The van der Waals surface area contributed by atoms with Crippen LogP contribution in [0.5, 0.6) is 0 Å². The van der Waals surface area contributed by atoms with Crippen LogP contribution in [0, 0.1) is 5.92 Å². The quantitative estimate of drug-likeness (QED) is 0.781. The van der Waals surface area contributed by atoms with Gasteiger partial charge in [-0.2, -0.15) is 0 Å². The Labute approximate surface area is 128 Å². The lowest BCUT2D eigenvalue weighted by Gasteiger charge is -2.17. The Kier molecular flexibility index (Phi) is 5.80. The molecule has 3 nitrogen and oxygen atoms in total. The summed E-state index contributed by atoms with van der Waals surface area (Å²) in [6.07, 6.45) is 3.61. The number of aryl methyl sites for hydroxylation is 1. The lowest BCUT2D eigenvalue weighted by molar-refractivity contribution is 0.406. The van der Waals surface area contributed by atoms with E-state index in [1.165, 1.54) is 18.4 Å². The summed E-state index contributed by atoms with van der Waals surface area (Å²) < 4.78 is 2.36. The van der Waals surface area contributed by atoms with E-state index in [0.717, 1.165) is 36.8 Å². The van der Waals surface area contributed by atoms with Gasteiger partial charge >= 0.3 is 0 Å².